The molecule has 2 aromatic heterocycles. The molecule has 0 aromatic carbocycles. The van der Waals surface area contributed by atoms with Crippen molar-refractivity contribution in [3.05, 3.63) is 47.5 Å². The van der Waals surface area contributed by atoms with Crippen LogP contribution in [0.5, 0.6) is 5.75 Å². The fourth-order valence-corrected chi connectivity index (χ4v) is 2.24. The molecule has 21 heavy (non-hydrogen) atoms. The summed E-state index contributed by atoms with van der Waals surface area (Å²) in [6.07, 6.45) is 2.26. The Labute approximate surface area is 120 Å². The summed E-state index contributed by atoms with van der Waals surface area (Å²) in [4.78, 5) is 29.8. The van der Waals surface area contributed by atoms with E-state index in [1.165, 1.54) is 12.1 Å². The third kappa shape index (κ3) is 2.58. The van der Waals surface area contributed by atoms with Crippen LogP contribution in [0.3, 0.4) is 0 Å². The summed E-state index contributed by atoms with van der Waals surface area (Å²) in [6, 6.07) is 6.12. The summed E-state index contributed by atoms with van der Waals surface area (Å²) in [6.45, 7) is 0.495. The van der Waals surface area contributed by atoms with Gasteiger partial charge in [-0.2, -0.15) is 0 Å². The van der Waals surface area contributed by atoms with Crippen LogP contribution in [0.25, 0.3) is 0 Å². The van der Waals surface area contributed by atoms with Crippen LogP contribution in [0.15, 0.2) is 30.5 Å². The van der Waals surface area contributed by atoms with Crippen LogP contribution in [0, 0.1) is 0 Å². The SMILES string of the molecule is O=C(O)c1ccc(C(=O)NC2CCOc3cccnc32)[nH]1. The molecule has 0 spiro atoms. The quantitative estimate of drug-likeness (QED) is 0.790. The molecular formula is C14H13N3O4. The van der Waals surface area contributed by atoms with Crippen molar-refractivity contribution in [1.82, 2.24) is 15.3 Å². The number of H-pyrrole nitrogens is 1. The van der Waals surface area contributed by atoms with Gasteiger partial charge in [0.15, 0.2) is 0 Å². The van der Waals surface area contributed by atoms with Crippen molar-refractivity contribution < 1.29 is 19.4 Å². The van der Waals surface area contributed by atoms with E-state index >= 15 is 0 Å². The second kappa shape index (κ2) is 5.28. The lowest BCUT2D eigenvalue weighted by Gasteiger charge is -2.25. The zero-order valence-corrected chi connectivity index (χ0v) is 11.0. The van der Waals surface area contributed by atoms with Crippen molar-refractivity contribution in [2.75, 3.05) is 6.61 Å². The molecule has 7 nitrogen and oxygen atoms in total. The second-order valence-electron chi connectivity index (χ2n) is 4.64. The van der Waals surface area contributed by atoms with Crippen molar-refractivity contribution in [1.29, 1.82) is 0 Å². The number of fused-ring (bicyclic) bond motifs is 1. The number of aromatic amines is 1. The van der Waals surface area contributed by atoms with E-state index in [4.69, 9.17) is 9.84 Å². The Bertz CT molecular complexity index is 695. The molecule has 7 heteroatoms. The van der Waals surface area contributed by atoms with Crippen molar-refractivity contribution in [3.8, 4) is 5.75 Å². The standard InChI is InChI=1S/C14H13N3O4/c18-13(9-3-4-10(16-9)14(19)20)17-8-5-7-21-11-2-1-6-15-12(8)11/h1-4,6,8,16H,5,7H2,(H,17,18)(H,19,20). The number of nitrogens with one attached hydrogen (secondary N) is 2. The number of aromatic carboxylic acids is 1. The molecule has 108 valence electrons. The number of carbonyl (C=O) groups is 2. The van der Waals surface area contributed by atoms with E-state index in [0.717, 1.165) is 0 Å². The van der Waals surface area contributed by atoms with E-state index in [-0.39, 0.29) is 23.3 Å². The molecule has 3 rings (SSSR count). The maximum absolute atomic E-state index is 12.2. The van der Waals surface area contributed by atoms with Crippen LogP contribution in [-0.4, -0.2) is 33.6 Å². The zero-order chi connectivity index (χ0) is 14.8. The van der Waals surface area contributed by atoms with Crippen LogP contribution < -0.4 is 10.1 Å². The highest BCUT2D eigenvalue weighted by Gasteiger charge is 2.25. The lowest BCUT2D eigenvalue weighted by molar-refractivity contribution is 0.0691. The van der Waals surface area contributed by atoms with E-state index in [0.29, 0.717) is 24.5 Å². The summed E-state index contributed by atoms with van der Waals surface area (Å²) >= 11 is 0. The number of hydrogen-bond donors (Lipinski definition) is 3. The molecule has 1 aliphatic rings. The van der Waals surface area contributed by atoms with Gasteiger partial charge in [-0.1, -0.05) is 0 Å². The smallest absolute Gasteiger partial charge is 0.352 e. The van der Waals surface area contributed by atoms with Gasteiger partial charge in [-0.15, -0.1) is 0 Å². The molecule has 1 unspecified atom stereocenters. The monoisotopic (exact) mass is 287 g/mol. The number of nitrogens with zero attached hydrogens (tertiary/aromatic N) is 1. The maximum atomic E-state index is 12.2. The first-order chi connectivity index (χ1) is 10.1. The highest BCUT2D eigenvalue weighted by molar-refractivity contribution is 5.95. The molecule has 0 bridgehead atoms. The van der Waals surface area contributed by atoms with Gasteiger partial charge in [-0.3, -0.25) is 9.78 Å². The Morgan fingerprint density at radius 1 is 1.33 bits per heavy atom. The average Bonchev–Trinajstić information content (AvgIpc) is 2.98. The summed E-state index contributed by atoms with van der Waals surface area (Å²) in [5.74, 6) is -0.815. The van der Waals surface area contributed by atoms with Gasteiger partial charge in [0.2, 0.25) is 0 Å². The lowest BCUT2D eigenvalue weighted by Crippen LogP contribution is -2.33. The first-order valence-corrected chi connectivity index (χ1v) is 6.46. The van der Waals surface area contributed by atoms with E-state index in [1.54, 1.807) is 18.3 Å². The van der Waals surface area contributed by atoms with Crippen molar-refractivity contribution >= 4 is 11.9 Å². The highest BCUT2D eigenvalue weighted by Crippen LogP contribution is 2.29. The maximum Gasteiger partial charge on any atom is 0.352 e. The number of hydrogen-bond acceptors (Lipinski definition) is 4. The normalized spacial score (nSPS) is 16.7. The van der Waals surface area contributed by atoms with Gasteiger partial charge in [0.05, 0.1) is 12.6 Å². The fourth-order valence-electron chi connectivity index (χ4n) is 2.24. The fraction of sp³-hybridized carbons (Fsp3) is 0.214. The molecule has 0 saturated carbocycles. The van der Waals surface area contributed by atoms with Crippen LogP contribution >= 0.6 is 0 Å². The molecule has 0 fully saturated rings. The number of carboxylic acid groups (broad SMARTS) is 1. The number of rotatable bonds is 3. The first-order valence-electron chi connectivity index (χ1n) is 6.46. The Hall–Kier alpha value is -2.83. The molecule has 1 atom stereocenters. The summed E-state index contributed by atoms with van der Waals surface area (Å²) in [5, 5.41) is 11.7. The number of carboxylic acids is 1. The topological polar surface area (TPSA) is 104 Å². The minimum absolute atomic E-state index is 0.0225. The Kier molecular flexibility index (Phi) is 3.31. The Balaban J connectivity index is 1.77. The Morgan fingerprint density at radius 3 is 2.90 bits per heavy atom. The largest absolute Gasteiger partial charge is 0.491 e. The number of pyridine rings is 1. The van der Waals surface area contributed by atoms with Gasteiger partial charge in [0.1, 0.15) is 22.8 Å². The van der Waals surface area contributed by atoms with E-state index < -0.39 is 5.97 Å². The molecular weight excluding hydrogens is 274 g/mol. The van der Waals surface area contributed by atoms with Crippen molar-refractivity contribution in [2.24, 2.45) is 0 Å². The molecule has 0 saturated heterocycles. The average molecular weight is 287 g/mol. The number of carbonyl (C=O) groups excluding carboxylic acids is 1. The van der Waals surface area contributed by atoms with E-state index in [2.05, 4.69) is 15.3 Å². The highest BCUT2D eigenvalue weighted by atomic mass is 16.5. The van der Waals surface area contributed by atoms with Crippen molar-refractivity contribution in [3.63, 3.8) is 0 Å². The molecule has 1 amide bonds. The molecule has 0 radical (unpaired) electrons. The predicted molar refractivity (Wildman–Crippen MR) is 72.3 cm³/mol. The van der Waals surface area contributed by atoms with E-state index in [1.807, 2.05) is 0 Å². The lowest BCUT2D eigenvalue weighted by atomic mass is 10.1. The third-order valence-corrected chi connectivity index (χ3v) is 3.26. The third-order valence-electron chi connectivity index (χ3n) is 3.26. The molecule has 3 heterocycles. The number of amides is 1. The van der Waals surface area contributed by atoms with Gasteiger partial charge >= 0.3 is 5.97 Å². The molecule has 1 aliphatic heterocycles. The number of ether oxygens (including phenoxy) is 1. The van der Waals surface area contributed by atoms with Crippen LogP contribution in [0.2, 0.25) is 0 Å². The predicted octanol–water partition coefficient (Wildman–Crippen LogP) is 1.36. The van der Waals surface area contributed by atoms with Crippen molar-refractivity contribution in [2.45, 2.75) is 12.5 Å². The Morgan fingerprint density at radius 2 is 2.14 bits per heavy atom. The summed E-state index contributed by atoms with van der Waals surface area (Å²) < 4.78 is 5.48. The van der Waals surface area contributed by atoms with Crippen LogP contribution in [0.4, 0.5) is 0 Å². The molecule has 3 N–H and O–H groups in total. The van der Waals surface area contributed by atoms with Crippen LogP contribution in [0.1, 0.15) is 39.1 Å². The molecule has 0 aliphatic carbocycles. The zero-order valence-electron chi connectivity index (χ0n) is 11.0. The molecule has 2 aromatic rings. The van der Waals surface area contributed by atoms with Gasteiger partial charge < -0.3 is 20.1 Å². The van der Waals surface area contributed by atoms with Gasteiger partial charge in [-0.05, 0) is 24.3 Å². The van der Waals surface area contributed by atoms with Crippen LogP contribution in [-0.2, 0) is 0 Å². The van der Waals surface area contributed by atoms with Gasteiger partial charge in [0, 0.05) is 12.6 Å². The van der Waals surface area contributed by atoms with Gasteiger partial charge in [-0.25, -0.2) is 4.79 Å². The first kappa shape index (κ1) is 13.2. The summed E-state index contributed by atoms with van der Waals surface area (Å²) in [7, 11) is 0. The van der Waals surface area contributed by atoms with Gasteiger partial charge in [0.25, 0.3) is 5.91 Å². The minimum atomic E-state index is -1.10. The van der Waals surface area contributed by atoms with E-state index in [9.17, 15) is 9.59 Å². The minimum Gasteiger partial charge on any atom is -0.491 e. The summed E-state index contributed by atoms with van der Waals surface area (Å²) in [5.41, 5.74) is 0.865. The number of aromatic nitrogens is 2. The second-order valence-corrected chi connectivity index (χ2v) is 4.64.